The van der Waals surface area contributed by atoms with Crippen LogP contribution in [0.15, 0.2) is 17.0 Å². The van der Waals surface area contributed by atoms with Gasteiger partial charge in [0.2, 0.25) is 10.0 Å². The van der Waals surface area contributed by atoms with E-state index in [2.05, 4.69) is 0 Å². The van der Waals surface area contributed by atoms with E-state index in [0.717, 1.165) is 12.8 Å². The minimum absolute atomic E-state index is 0.0219. The maximum absolute atomic E-state index is 12.8. The van der Waals surface area contributed by atoms with Crippen LogP contribution in [0.4, 0.5) is 0 Å². The summed E-state index contributed by atoms with van der Waals surface area (Å²) < 4.78 is 32.8. The average molecular weight is 371 g/mol. The predicted molar refractivity (Wildman–Crippen MR) is 82.7 cm³/mol. The van der Waals surface area contributed by atoms with Gasteiger partial charge in [-0.25, -0.2) is 8.42 Å². The molecule has 2 bridgehead atoms. The lowest BCUT2D eigenvalue weighted by Crippen LogP contribution is -2.45. The fourth-order valence-corrected chi connectivity index (χ4v) is 5.51. The Morgan fingerprint density at radius 1 is 1.19 bits per heavy atom. The molecule has 4 nitrogen and oxygen atoms in total. The van der Waals surface area contributed by atoms with Gasteiger partial charge in [-0.05, 0) is 30.5 Å². The molecule has 0 aliphatic carbocycles. The highest BCUT2D eigenvalue weighted by Gasteiger charge is 2.40. The molecule has 2 aliphatic heterocycles. The first-order chi connectivity index (χ1) is 9.91. The summed E-state index contributed by atoms with van der Waals surface area (Å²) in [4.78, 5) is 0.0219. The van der Waals surface area contributed by atoms with Crippen molar-refractivity contribution in [3.05, 3.63) is 27.7 Å². The summed E-state index contributed by atoms with van der Waals surface area (Å²) in [5, 5.41) is 0.457. The van der Waals surface area contributed by atoms with Crippen LogP contribution in [-0.2, 0) is 20.6 Å². The number of sulfonamides is 1. The minimum atomic E-state index is -3.70. The van der Waals surface area contributed by atoms with Crippen LogP contribution >= 0.6 is 34.8 Å². The first kappa shape index (κ1) is 15.8. The number of morpholine rings is 1. The molecule has 0 amide bonds. The topological polar surface area (TPSA) is 46.6 Å². The summed E-state index contributed by atoms with van der Waals surface area (Å²) in [6, 6.07) is 2.96. The molecule has 2 heterocycles. The molecule has 21 heavy (non-hydrogen) atoms. The van der Waals surface area contributed by atoms with Crippen molar-refractivity contribution in [2.75, 3.05) is 13.1 Å². The van der Waals surface area contributed by atoms with Crippen LogP contribution < -0.4 is 0 Å². The quantitative estimate of drug-likeness (QED) is 0.767. The van der Waals surface area contributed by atoms with Crippen molar-refractivity contribution >= 4 is 44.8 Å². The predicted octanol–water partition coefficient (Wildman–Crippen LogP) is 3.28. The van der Waals surface area contributed by atoms with Crippen molar-refractivity contribution < 1.29 is 13.2 Å². The average Bonchev–Trinajstić information content (AvgIpc) is 2.79. The van der Waals surface area contributed by atoms with Crippen LogP contribution in [0.2, 0.25) is 10.0 Å². The Labute approximate surface area is 139 Å². The highest BCUT2D eigenvalue weighted by atomic mass is 35.5. The second kappa shape index (κ2) is 5.87. The molecule has 0 spiro atoms. The molecule has 2 saturated heterocycles. The SMILES string of the molecule is O=S(=O)(c1cc(Cl)cc(CCl)c1Cl)N1CC2CCC(C1)O2. The standard InChI is InChI=1S/C13H14Cl3NO3S/c14-5-8-3-9(15)4-12(13(8)16)21(18,19)17-6-10-1-2-11(7-17)20-10/h3-4,10-11H,1-2,5-7H2. The molecule has 0 saturated carbocycles. The molecular weight excluding hydrogens is 357 g/mol. The number of halogens is 3. The van der Waals surface area contributed by atoms with Crippen molar-refractivity contribution in [3.8, 4) is 0 Å². The summed E-state index contributed by atoms with van der Waals surface area (Å²) >= 11 is 18.0. The number of benzene rings is 1. The first-order valence-corrected chi connectivity index (χ1v) is 9.34. The van der Waals surface area contributed by atoms with Crippen molar-refractivity contribution in [1.29, 1.82) is 0 Å². The van der Waals surface area contributed by atoms with Gasteiger partial charge in [-0.15, -0.1) is 11.6 Å². The zero-order chi connectivity index (χ0) is 15.2. The van der Waals surface area contributed by atoms with Crippen molar-refractivity contribution in [3.63, 3.8) is 0 Å². The van der Waals surface area contributed by atoms with Crippen LogP contribution in [0, 0.1) is 0 Å². The van der Waals surface area contributed by atoms with Crippen LogP contribution in [0.1, 0.15) is 18.4 Å². The highest BCUT2D eigenvalue weighted by Crippen LogP contribution is 2.35. The van der Waals surface area contributed by atoms with Gasteiger partial charge in [-0.1, -0.05) is 23.2 Å². The Balaban J connectivity index is 2.00. The monoisotopic (exact) mass is 369 g/mol. The smallest absolute Gasteiger partial charge is 0.244 e. The number of fused-ring (bicyclic) bond motifs is 2. The second-order valence-electron chi connectivity index (χ2n) is 5.29. The number of rotatable bonds is 3. The van der Waals surface area contributed by atoms with Crippen LogP contribution in [0.25, 0.3) is 0 Å². The number of nitrogens with zero attached hydrogens (tertiary/aromatic N) is 1. The van der Waals surface area contributed by atoms with Gasteiger partial charge in [0.1, 0.15) is 4.90 Å². The lowest BCUT2D eigenvalue weighted by molar-refractivity contribution is -0.0114. The van der Waals surface area contributed by atoms with Crippen LogP contribution in [0.3, 0.4) is 0 Å². The van der Waals surface area contributed by atoms with E-state index in [1.165, 1.54) is 10.4 Å². The molecule has 2 atom stereocenters. The first-order valence-electron chi connectivity index (χ1n) is 6.61. The third kappa shape index (κ3) is 2.92. The molecule has 1 aromatic carbocycles. The summed E-state index contributed by atoms with van der Waals surface area (Å²) in [5.41, 5.74) is 0.514. The molecule has 1 aromatic rings. The third-order valence-corrected chi connectivity index (χ3v) is 6.77. The maximum atomic E-state index is 12.8. The molecule has 2 fully saturated rings. The van der Waals surface area contributed by atoms with Gasteiger partial charge in [0, 0.05) is 24.0 Å². The van der Waals surface area contributed by atoms with Gasteiger partial charge >= 0.3 is 0 Å². The summed E-state index contributed by atoms with van der Waals surface area (Å²) in [7, 11) is -3.70. The van der Waals surface area contributed by atoms with Gasteiger partial charge in [-0.2, -0.15) is 4.31 Å². The molecule has 3 rings (SSSR count). The van der Waals surface area contributed by atoms with Gasteiger partial charge in [0.05, 0.1) is 17.2 Å². The summed E-state index contributed by atoms with van der Waals surface area (Å²) in [6.07, 6.45) is 1.74. The van der Waals surface area contributed by atoms with E-state index in [1.807, 2.05) is 0 Å². The molecule has 0 aromatic heterocycles. The van der Waals surface area contributed by atoms with Crippen molar-refractivity contribution in [2.24, 2.45) is 0 Å². The lowest BCUT2D eigenvalue weighted by atomic mass is 10.2. The Morgan fingerprint density at radius 2 is 1.81 bits per heavy atom. The van der Waals surface area contributed by atoms with E-state index in [-0.39, 0.29) is 28.0 Å². The zero-order valence-corrected chi connectivity index (χ0v) is 14.1. The Bertz CT molecular complexity index is 653. The fourth-order valence-electron chi connectivity index (χ4n) is 2.82. The normalized spacial score (nSPS) is 26.2. The summed E-state index contributed by atoms with van der Waals surface area (Å²) in [6.45, 7) is 0.718. The van der Waals surface area contributed by atoms with Gasteiger partial charge in [-0.3, -0.25) is 0 Å². The molecule has 0 radical (unpaired) electrons. The third-order valence-electron chi connectivity index (χ3n) is 3.85. The van der Waals surface area contributed by atoms with E-state index >= 15 is 0 Å². The molecule has 2 unspecified atom stereocenters. The lowest BCUT2D eigenvalue weighted by Gasteiger charge is -2.31. The molecule has 116 valence electrons. The van der Waals surface area contributed by atoms with E-state index in [0.29, 0.717) is 23.7 Å². The van der Waals surface area contributed by atoms with Crippen molar-refractivity contribution in [2.45, 2.75) is 35.8 Å². The van der Waals surface area contributed by atoms with E-state index in [9.17, 15) is 8.42 Å². The van der Waals surface area contributed by atoms with Crippen LogP contribution in [-0.4, -0.2) is 38.0 Å². The number of ether oxygens (including phenoxy) is 1. The Morgan fingerprint density at radius 3 is 2.38 bits per heavy atom. The van der Waals surface area contributed by atoms with E-state index < -0.39 is 10.0 Å². The Kier molecular flexibility index (Phi) is 4.43. The summed E-state index contributed by atoms with van der Waals surface area (Å²) in [5.74, 6) is 0.107. The Hall–Kier alpha value is -0.0400. The number of hydrogen-bond donors (Lipinski definition) is 0. The van der Waals surface area contributed by atoms with E-state index in [4.69, 9.17) is 39.5 Å². The maximum Gasteiger partial charge on any atom is 0.244 e. The zero-order valence-electron chi connectivity index (χ0n) is 11.1. The van der Waals surface area contributed by atoms with E-state index in [1.54, 1.807) is 6.07 Å². The second-order valence-corrected chi connectivity index (χ2v) is 8.28. The van der Waals surface area contributed by atoms with Crippen molar-refractivity contribution in [1.82, 2.24) is 4.31 Å². The largest absolute Gasteiger partial charge is 0.372 e. The highest BCUT2D eigenvalue weighted by molar-refractivity contribution is 7.89. The number of hydrogen-bond acceptors (Lipinski definition) is 3. The number of alkyl halides is 1. The fraction of sp³-hybridized carbons (Fsp3) is 0.538. The molecule has 0 N–H and O–H groups in total. The van der Waals surface area contributed by atoms with Crippen LogP contribution in [0.5, 0.6) is 0 Å². The van der Waals surface area contributed by atoms with Gasteiger partial charge in [0.15, 0.2) is 0 Å². The van der Waals surface area contributed by atoms with Gasteiger partial charge < -0.3 is 4.74 Å². The van der Waals surface area contributed by atoms with Gasteiger partial charge in [0.25, 0.3) is 0 Å². The minimum Gasteiger partial charge on any atom is -0.372 e. The molecular formula is C13H14Cl3NO3S. The molecule has 8 heteroatoms. The molecule has 2 aliphatic rings.